The van der Waals surface area contributed by atoms with Crippen molar-refractivity contribution in [2.45, 2.75) is 6.92 Å². The van der Waals surface area contributed by atoms with Crippen LogP contribution >= 0.6 is 11.6 Å². The van der Waals surface area contributed by atoms with E-state index in [1.165, 1.54) is 0 Å². The lowest BCUT2D eigenvalue weighted by Crippen LogP contribution is -1.98. The lowest BCUT2D eigenvalue weighted by molar-refractivity contribution is 0.860. The maximum Gasteiger partial charge on any atom is 0.127 e. The zero-order chi connectivity index (χ0) is 10.8. The molecule has 2 rings (SSSR count). The number of halogens is 1. The van der Waals surface area contributed by atoms with Crippen molar-refractivity contribution in [3.63, 3.8) is 0 Å². The topological polar surface area (TPSA) is 42.7 Å². The number of nitrogens with one attached hydrogen (secondary N) is 1. The van der Waals surface area contributed by atoms with E-state index in [1.807, 2.05) is 26.1 Å². The van der Waals surface area contributed by atoms with Crippen LogP contribution in [0.2, 0.25) is 5.02 Å². The zero-order valence-corrected chi connectivity index (χ0v) is 9.28. The van der Waals surface area contributed by atoms with Crippen LogP contribution in [-0.4, -0.2) is 21.8 Å². The Balaban J connectivity index is 2.44. The molecule has 0 atom stereocenters. The molecule has 2 aromatic rings. The lowest BCUT2D eigenvalue weighted by atomic mass is 10.4. The molecule has 2 aromatic heterocycles. The molecular weight excluding hydrogens is 212 g/mol. The third kappa shape index (κ3) is 1.94. The van der Waals surface area contributed by atoms with Gasteiger partial charge in [-0.25, -0.2) is 9.67 Å². The highest BCUT2D eigenvalue weighted by Crippen LogP contribution is 2.17. The Morgan fingerprint density at radius 3 is 2.87 bits per heavy atom. The van der Waals surface area contributed by atoms with Crippen molar-refractivity contribution >= 4 is 17.4 Å². The SMILES string of the molecule is CNc1cc(-n2cc(Cl)c(C)n2)ccn1. The molecule has 0 saturated carbocycles. The molecular formula is C10H11ClN4. The van der Waals surface area contributed by atoms with Crippen LogP contribution in [0, 0.1) is 6.92 Å². The minimum Gasteiger partial charge on any atom is -0.373 e. The Bertz CT molecular complexity index is 459. The molecule has 0 aromatic carbocycles. The summed E-state index contributed by atoms with van der Waals surface area (Å²) in [7, 11) is 1.83. The number of aryl methyl sites for hydroxylation is 1. The molecule has 0 saturated heterocycles. The highest BCUT2D eigenvalue weighted by molar-refractivity contribution is 6.31. The normalized spacial score (nSPS) is 10.3. The van der Waals surface area contributed by atoms with Crippen molar-refractivity contribution in [2.75, 3.05) is 12.4 Å². The summed E-state index contributed by atoms with van der Waals surface area (Å²) in [6, 6.07) is 3.78. The fourth-order valence-electron chi connectivity index (χ4n) is 1.27. The summed E-state index contributed by atoms with van der Waals surface area (Å²) in [6.45, 7) is 1.87. The number of rotatable bonds is 2. The van der Waals surface area contributed by atoms with Crippen LogP contribution in [-0.2, 0) is 0 Å². The molecule has 15 heavy (non-hydrogen) atoms. The van der Waals surface area contributed by atoms with Crippen LogP contribution in [0.5, 0.6) is 0 Å². The zero-order valence-electron chi connectivity index (χ0n) is 8.53. The fourth-order valence-corrected chi connectivity index (χ4v) is 1.40. The monoisotopic (exact) mass is 222 g/mol. The summed E-state index contributed by atoms with van der Waals surface area (Å²) in [5.74, 6) is 0.803. The minimum atomic E-state index is 0.665. The second-order valence-corrected chi connectivity index (χ2v) is 3.56. The van der Waals surface area contributed by atoms with E-state index in [-0.39, 0.29) is 0 Å². The van der Waals surface area contributed by atoms with Crippen LogP contribution in [0.4, 0.5) is 5.82 Å². The first-order valence-electron chi connectivity index (χ1n) is 4.56. The van der Waals surface area contributed by atoms with E-state index in [0.29, 0.717) is 5.02 Å². The Labute approximate surface area is 92.9 Å². The first-order chi connectivity index (χ1) is 7.20. The number of pyridine rings is 1. The molecule has 0 unspecified atom stereocenters. The maximum atomic E-state index is 5.94. The van der Waals surface area contributed by atoms with E-state index < -0.39 is 0 Å². The second-order valence-electron chi connectivity index (χ2n) is 3.16. The first kappa shape index (κ1) is 9.98. The third-order valence-electron chi connectivity index (χ3n) is 2.10. The fraction of sp³-hybridized carbons (Fsp3) is 0.200. The molecule has 0 aliphatic heterocycles. The molecule has 1 N–H and O–H groups in total. The molecule has 78 valence electrons. The summed E-state index contributed by atoms with van der Waals surface area (Å²) in [5.41, 5.74) is 1.75. The van der Waals surface area contributed by atoms with Crippen molar-refractivity contribution in [3.8, 4) is 5.69 Å². The number of hydrogen-bond donors (Lipinski definition) is 1. The lowest BCUT2D eigenvalue weighted by Gasteiger charge is -2.03. The van der Waals surface area contributed by atoms with Gasteiger partial charge in [-0.05, 0) is 13.0 Å². The summed E-state index contributed by atoms with van der Waals surface area (Å²) in [5, 5.41) is 7.92. The van der Waals surface area contributed by atoms with Gasteiger partial charge in [0.25, 0.3) is 0 Å². The highest BCUT2D eigenvalue weighted by Gasteiger charge is 2.04. The van der Waals surface area contributed by atoms with Crippen molar-refractivity contribution < 1.29 is 0 Å². The van der Waals surface area contributed by atoms with Gasteiger partial charge in [-0.2, -0.15) is 5.10 Å². The van der Waals surface area contributed by atoms with Gasteiger partial charge in [0.15, 0.2) is 0 Å². The summed E-state index contributed by atoms with van der Waals surface area (Å²) in [6.07, 6.45) is 3.51. The van der Waals surface area contributed by atoms with Gasteiger partial charge in [-0.15, -0.1) is 0 Å². The van der Waals surface area contributed by atoms with E-state index in [0.717, 1.165) is 17.2 Å². The Hall–Kier alpha value is -1.55. The Morgan fingerprint density at radius 1 is 1.47 bits per heavy atom. The van der Waals surface area contributed by atoms with E-state index in [9.17, 15) is 0 Å². The van der Waals surface area contributed by atoms with Gasteiger partial charge in [0.1, 0.15) is 5.82 Å². The second kappa shape index (κ2) is 3.90. The Kier molecular flexibility index (Phi) is 2.60. The van der Waals surface area contributed by atoms with E-state index in [1.54, 1.807) is 17.1 Å². The summed E-state index contributed by atoms with van der Waals surface area (Å²) in [4.78, 5) is 4.13. The molecule has 4 nitrogen and oxygen atoms in total. The molecule has 5 heteroatoms. The van der Waals surface area contributed by atoms with Crippen molar-refractivity contribution in [1.29, 1.82) is 0 Å². The van der Waals surface area contributed by atoms with Gasteiger partial charge in [0, 0.05) is 25.5 Å². The smallest absolute Gasteiger partial charge is 0.127 e. The Morgan fingerprint density at radius 2 is 2.27 bits per heavy atom. The molecule has 2 heterocycles. The molecule has 0 fully saturated rings. The van der Waals surface area contributed by atoms with Crippen LogP contribution in [0.1, 0.15) is 5.69 Å². The van der Waals surface area contributed by atoms with Crippen molar-refractivity contribution in [2.24, 2.45) is 0 Å². The van der Waals surface area contributed by atoms with Crippen molar-refractivity contribution in [1.82, 2.24) is 14.8 Å². The van der Waals surface area contributed by atoms with Gasteiger partial charge < -0.3 is 5.32 Å². The number of hydrogen-bond acceptors (Lipinski definition) is 3. The van der Waals surface area contributed by atoms with Gasteiger partial charge in [-0.3, -0.25) is 0 Å². The van der Waals surface area contributed by atoms with Crippen molar-refractivity contribution in [3.05, 3.63) is 35.2 Å². The molecule has 0 amide bonds. The highest BCUT2D eigenvalue weighted by atomic mass is 35.5. The molecule has 0 bridgehead atoms. The van der Waals surface area contributed by atoms with E-state index >= 15 is 0 Å². The maximum absolute atomic E-state index is 5.94. The number of nitrogens with zero attached hydrogens (tertiary/aromatic N) is 3. The van der Waals surface area contributed by atoms with E-state index in [2.05, 4.69) is 15.4 Å². The van der Waals surface area contributed by atoms with Crippen LogP contribution in [0.25, 0.3) is 5.69 Å². The minimum absolute atomic E-state index is 0.665. The predicted molar refractivity (Wildman–Crippen MR) is 60.7 cm³/mol. The third-order valence-corrected chi connectivity index (χ3v) is 2.47. The predicted octanol–water partition coefficient (Wildman–Crippen LogP) is 2.27. The molecule has 0 radical (unpaired) electrons. The average molecular weight is 223 g/mol. The summed E-state index contributed by atoms with van der Waals surface area (Å²) < 4.78 is 1.74. The van der Waals surface area contributed by atoms with E-state index in [4.69, 9.17) is 11.6 Å². The summed E-state index contributed by atoms with van der Waals surface area (Å²) >= 11 is 5.94. The average Bonchev–Trinajstić information content (AvgIpc) is 2.59. The van der Waals surface area contributed by atoms with Gasteiger partial charge in [0.05, 0.1) is 16.4 Å². The van der Waals surface area contributed by atoms with Crippen LogP contribution in [0.15, 0.2) is 24.5 Å². The van der Waals surface area contributed by atoms with Gasteiger partial charge >= 0.3 is 0 Å². The molecule has 0 aliphatic carbocycles. The number of aromatic nitrogens is 3. The van der Waals surface area contributed by atoms with Crippen LogP contribution in [0.3, 0.4) is 0 Å². The molecule has 0 spiro atoms. The quantitative estimate of drug-likeness (QED) is 0.848. The van der Waals surface area contributed by atoms with Gasteiger partial charge in [0.2, 0.25) is 0 Å². The largest absolute Gasteiger partial charge is 0.373 e. The first-order valence-corrected chi connectivity index (χ1v) is 4.94. The standard InChI is InChI=1S/C10H11ClN4/c1-7-9(11)6-15(14-7)8-3-4-13-10(5-8)12-2/h3-6H,1-2H3,(H,12,13). The van der Waals surface area contributed by atoms with Gasteiger partial charge in [-0.1, -0.05) is 11.6 Å². The molecule has 0 aliphatic rings. The number of anilines is 1. The van der Waals surface area contributed by atoms with Crippen LogP contribution < -0.4 is 5.32 Å².